The predicted molar refractivity (Wildman–Crippen MR) is 94.8 cm³/mol. The second-order valence-corrected chi connectivity index (χ2v) is 6.60. The number of H-pyrrole nitrogens is 1. The van der Waals surface area contributed by atoms with E-state index in [0.717, 1.165) is 36.3 Å². The van der Waals surface area contributed by atoms with Crippen molar-refractivity contribution in [2.24, 2.45) is 0 Å². The highest BCUT2D eigenvalue weighted by atomic mass is 19.1. The minimum absolute atomic E-state index is 0.178. The molecule has 2 N–H and O–H groups in total. The van der Waals surface area contributed by atoms with Crippen LogP contribution in [-0.4, -0.2) is 25.9 Å². The van der Waals surface area contributed by atoms with Crippen LogP contribution in [-0.2, 0) is 19.4 Å². The summed E-state index contributed by atoms with van der Waals surface area (Å²) in [4.78, 5) is 12.7. The summed E-state index contributed by atoms with van der Waals surface area (Å²) in [5, 5.41) is 14.8. The molecule has 1 amide bonds. The zero-order valence-electron chi connectivity index (χ0n) is 14.8. The molecule has 0 fully saturated rings. The molecular weight excluding hydrogens is 333 g/mol. The molecule has 4 rings (SSSR count). The molecule has 6 nitrogen and oxygen atoms in total. The van der Waals surface area contributed by atoms with Crippen LogP contribution in [0.15, 0.2) is 24.3 Å². The Bertz CT molecular complexity index is 971. The topological polar surface area (TPSA) is 75.6 Å². The van der Waals surface area contributed by atoms with E-state index in [1.54, 1.807) is 23.7 Å². The summed E-state index contributed by atoms with van der Waals surface area (Å²) in [6.07, 6.45) is 3.17. The van der Waals surface area contributed by atoms with Gasteiger partial charge < -0.3 is 5.32 Å². The maximum absolute atomic E-state index is 13.1. The van der Waals surface area contributed by atoms with Crippen molar-refractivity contribution < 1.29 is 9.18 Å². The second-order valence-electron chi connectivity index (χ2n) is 6.60. The van der Waals surface area contributed by atoms with Crippen molar-refractivity contribution in [2.45, 2.75) is 39.7 Å². The number of aryl methyl sites for hydroxylation is 2. The van der Waals surface area contributed by atoms with Crippen molar-refractivity contribution in [1.82, 2.24) is 25.3 Å². The van der Waals surface area contributed by atoms with Gasteiger partial charge in [0, 0.05) is 5.69 Å². The molecule has 0 saturated carbocycles. The van der Waals surface area contributed by atoms with Gasteiger partial charge in [-0.05, 0) is 62.9 Å². The number of nitrogens with zero attached hydrogens (tertiary/aromatic N) is 3. The van der Waals surface area contributed by atoms with E-state index in [1.165, 1.54) is 23.4 Å². The first kappa shape index (κ1) is 16.5. The monoisotopic (exact) mass is 353 g/mol. The van der Waals surface area contributed by atoms with Crippen molar-refractivity contribution in [3.63, 3.8) is 0 Å². The molecule has 0 radical (unpaired) electrons. The maximum Gasteiger partial charge on any atom is 0.255 e. The summed E-state index contributed by atoms with van der Waals surface area (Å²) in [7, 11) is 0. The van der Waals surface area contributed by atoms with Crippen molar-refractivity contribution in [3.8, 4) is 5.69 Å². The number of carbonyl (C=O) groups excluding carboxylic acids is 1. The number of halogens is 1. The SMILES string of the molecule is Cc1nn(-c2ccc(F)cc2)c(C)c1C(=O)NCc1n[nH]c2c1CCC2. The summed E-state index contributed by atoms with van der Waals surface area (Å²) in [6.45, 7) is 4.03. The van der Waals surface area contributed by atoms with Gasteiger partial charge in [0.05, 0.1) is 34.9 Å². The Morgan fingerprint density at radius 3 is 2.81 bits per heavy atom. The molecule has 0 saturated heterocycles. The lowest BCUT2D eigenvalue weighted by Gasteiger charge is -2.07. The van der Waals surface area contributed by atoms with Crippen molar-refractivity contribution >= 4 is 5.91 Å². The number of carbonyl (C=O) groups is 1. The predicted octanol–water partition coefficient (Wildman–Crippen LogP) is 2.77. The molecule has 2 aromatic heterocycles. The van der Waals surface area contributed by atoms with E-state index in [1.807, 2.05) is 6.92 Å². The third-order valence-electron chi connectivity index (χ3n) is 4.90. The van der Waals surface area contributed by atoms with Crippen LogP contribution < -0.4 is 5.32 Å². The molecule has 2 heterocycles. The van der Waals surface area contributed by atoms with E-state index >= 15 is 0 Å². The van der Waals surface area contributed by atoms with Gasteiger partial charge >= 0.3 is 0 Å². The van der Waals surface area contributed by atoms with Crippen LogP contribution in [0.5, 0.6) is 0 Å². The number of amides is 1. The molecule has 0 spiro atoms. The van der Waals surface area contributed by atoms with Crippen LogP contribution in [0.2, 0.25) is 0 Å². The van der Waals surface area contributed by atoms with Crippen LogP contribution in [0, 0.1) is 19.7 Å². The Morgan fingerprint density at radius 2 is 2.04 bits per heavy atom. The van der Waals surface area contributed by atoms with Crippen molar-refractivity contribution in [3.05, 3.63) is 64.0 Å². The van der Waals surface area contributed by atoms with E-state index in [9.17, 15) is 9.18 Å². The molecule has 26 heavy (non-hydrogen) atoms. The van der Waals surface area contributed by atoms with Gasteiger partial charge in [-0.25, -0.2) is 9.07 Å². The normalized spacial score (nSPS) is 13.0. The van der Waals surface area contributed by atoms with Crippen LogP contribution >= 0.6 is 0 Å². The highest BCUT2D eigenvalue weighted by molar-refractivity contribution is 5.96. The lowest BCUT2D eigenvalue weighted by molar-refractivity contribution is 0.0949. The van der Waals surface area contributed by atoms with Crippen molar-refractivity contribution in [2.75, 3.05) is 0 Å². The average Bonchev–Trinajstić information content (AvgIpc) is 3.29. The van der Waals surface area contributed by atoms with Crippen LogP contribution in [0.3, 0.4) is 0 Å². The number of hydrogen-bond donors (Lipinski definition) is 2. The number of hydrogen-bond acceptors (Lipinski definition) is 3. The van der Waals surface area contributed by atoms with Crippen LogP contribution in [0.1, 0.15) is 45.1 Å². The Balaban J connectivity index is 1.55. The van der Waals surface area contributed by atoms with E-state index in [0.29, 0.717) is 17.8 Å². The van der Waals surface area contributed by atoms with E-state index in [4.69, 9.17) is 0 Å². The molecule has 134 valence electrons. The Labute approximate surface area is 150 Å². The van der Waals surface area contributed by atoms with Crippen LogP contribution in [0.4, 0.5) is 4.39 Å². The summed E-state index contributed by atoms with van der Waals surface area (Å²) < 4.78 is 14.8. The number of rotatable bonds is 4. The largest absolute Gasteiger partial charge is 0.346 e. The van der Waals surface area contributed by atoms with Gasteiger partial charge in [-0.3, -0.25) is 9.89 Å². The summed E-state index contributed by atoms with van der Waals surface area (Å²) in [6, 6.07) is 6.04. The Hall–Kier alpha value is -2.96. The first-order valence-corrected chi connectivity index (χ1v) is 8.70. The third kappa shape index (κ3) is 2.79. The van der Waals surface area contributed by atoms with Crippen molar-refractivity contribution in [1.29, 1.82) is 0 Å². The molecule has 1 aliphatic rings. The van der Waals surface area contributed by atoms with Gasteiger partial charge in [0.25, 0.3) is 5.91 Å². The lowest BCUT2D eigenvalue weighted by Crippen LogP contribution is -2.24. The molecule has 1 aromatic carbocycles. The third-order valence-corrected chi connectivity index (χ3v) is 4.90. The summed E-state index contributed by atoms with van der Waals surface area (Å²) in [5.74, 6) is -0.483. The van der Waals surface area contributed by atoms with Gasteiger partial charge in [-0.1, -0.05) is 0 Å². The lowest BCUT2D eigenvalue weighted by atomic mass is 10.1. The number of aromatic amines is 1. The molecule has 1 aliphatic carbocycles. The van der Waals surface area contributed by atoms with Gasteiger partial charge in [0.1, 0.15) is 5.82 Å². The van der Waals surface area contributed by atoms with Gasteiger partial charge in [-0.15, -0.1) is 0 Å². The van der Waals surface area contributed by atoms with Crippen LogP contribution in [0.25, 0.3) is 5.69 Å². The summed E-state index contributed by atoms with van der Waals surface area (Å²) in [5.41, 5.74) is 5.95. The maximum atomic E-state index is 13.1. The Morgan fingerprint density at radius 1 is 1.27 bits per heavy atom. The molecule has 7 heteroatoms. The van der Waals surface area contributed by atoms with Gasteiger partial charge in [0.15, 0.2) is 0 Å². The number of benzene rings is 1. The highest BCUT2D eigenvalue weighted by Crippen LogP contribution is 2.23. The highest BCUT2D eigenvalue weighted by Gasteiger charge is 2.22. The molecule has 0 aliphatic heterocycles. The molecule has 0 bridgehead atoms. The number of aromatic nitrogens is 4. The van der Waals surface area contributed by atoms with Gasteiger partial charge in [0.2, 0.25) is 0 Å². The Kier molecular flexibility index (Phi) is 4.06. The fourth-order valence-electron chi connectivity index (χ4n) is 3.59. The fourth-order valence-corrected chi connectivity index (χ4v) is 3.59. The zero-order valence-corrected chi connectivity index (χ0v) is 14.8. The first-order valence-electron chi connectivity index (χ1n) is 8.70. The minimum atomic E-state index is -0.306. The fraction of sp³-hybridized carbons (Fsp3) is 0.316. The molecule has 0 atom stereocenters. The smallest absolute Gasteiger partial charge is 0.255 e. The van der Waals surface area contributed by atoms with Gasteiger partial charge in [-0.2, -0.15) is 10.2 Å². The average molecular weight is 353 g/mol. The van der Waals surface area contributed by atoms with E-state index in [-0.39, 0.29) is 11.7 Å². The van der Waals surface area contributed by atoms with E-state index in [2.05, 4.69) is 20.6 Å². The zero-order chi connectivity index (χ0) is 18.3. The summed E-state index contributed by atoms with van der Waals surface area (Å²) >= 11 is 0. The molecular formula is C19H20FN5O. The quantitative estimate of drug-likeness (QED) is 0.757. The standard InChI is InChI=1S/C19H20FN5O/c1-11-18(12(2)25(24-11)14-8-6-13(20)7-9-14)19(26)21-10-17-15-4-3-5-16(15)22-23-17/h6-9H,3-5,10H2,1-2H3,(H,21,26)(H,22,23). The number of fused-ring (bicyclic) bond motifs is 1. The first-order chi connectivity index (χ1) is 12.5. The molecule has 3 aromatic rings. The molecule has 0 unspecified atom stereocenters. The van der Waals surface area contributed by atoms with E-state index < -0.39 is 0 Å². The number of nitrogens with one attached hydrogen (secondary N) is 2. The minimum Gasteiger partial charge on any atom is -0.346 e. The second kappa shape index (κ2) is 6.40.